The van der Waals surface area contributed by atoms with Crippen LogP contribution in [0.1, 0.15) is 30.4 Å². The second kappa shape index (κ2) is 12.4. The number of anilines is 1. The zero-order chi connectivity index (χ0) is 20.5. The molecule has 0 atom stereocenters. The summed E-state index contributed by atoms with van der Waals surface area (Å²) in [4.78, 5) is 18.0. The number of hydrogen-bond acceptors (Lipinski definition) is 3. The Hall–Kier alpha value is -2.29. The average molecular weight is 522 g/mol. The maximum absolute atomic E-state index is 11.8. The number of ether oxygens (including phenoxy) is 1. The predicted molar refractivity (Wildman–Crippen MR) is 133 cm³/mol. The Morgan fingerprint density at radius 2 is 1.83 bits per heavy atom. The molecule has 0 bridgehead atoms. The van der Waals surface area contributed by atoms with Gasteiger partial charge in [0.05, 0.1) is 6.61 Å². The molecule has 2 aromatic carbocycles. The van der Waals surface area contributed by atoms with Crippen LogP contribution in [0.2, 0.25) is 0 Å². The van der Waals surface area contributed by atoms with E-state index in [9.17, 15) is 4.79 Å². The van der Waals surface area contributed by atoms with E-state index < -0.39 is 0 Å². The third kappa shape index (κ3) is 7.19. The average Bonchev–Trinajstić information content (AvgIpc) is 3.17. The summed E-state index contributed by atoms with van der Waals surface area (Å²) in [6.07, 6.45) is 2.48. The van der Waals surface area contributed by atoms with E-state index in [0.29, 0.717) is 19.6 Å². The molecule has 0 spiro atoms. The van der Waals surface area contributed by atoms with Crippen molar-refractivity contribution < 1.29 is 9.53 Å². The van der Waals surface area contributed by atoms with Gasteiger partial charge in [0, 0.05) is 38.8 Å². The molecule has 7 heteroatoms. The maximum Gasteiger partial charge on any atom is 0.227 e. The first-order chi connectivity index (χ1) is 14.2. The topological polar surface area (TPSA) is 66.0 Å². The smallest absolute Gasteiger partial charge is 0.227 e. The highest BCUT2D eigenvalue weighted by Crippen LogP contribution is 2.21. The van der Waals surface area contributed by atoms with Gasteiger partial charge in [0.25, 0.3) is 0 Å². The second-order valence-electron chi connectivity index (χ2n) is 7.18. The summed E-state index contributed by atoms with van der Waals surface area (Å²) in [6.45, 7) is 4.99. The number of nitrogens with one attached hydrogen (secondary N) is 2. The first kappa shape index (κ1) is 24.0. The molecule has 6 nitrogen and oxygen atoms in total. The third-order valence-electron chi connectivity index (χ3n) is 4.91. The van der Waals surface area contributed by atoms with E-state index >= 15 is 0 Å². The quantitative estimate of drug-likeness (QED) is 0.239. The molecule has 3 rings (SSSR count). The van der Waals surface area contributed by atoms with Crippen molar-refractivity contribution in [3.8, 4) is 5.75 Å². The van der Waals surface area contributed by atoms with Crippen LogP contribution in [0.15, 0.2) is 53.5 Å². The van der Waals surface area contributed by atoms with Crippen LogP contribution >= 0.6 is 24.0 Å². The first-order valence-corrected chi connectivity index (χ1v) is 10.2. The number of rotatable bonds is 8. The summed E-state index contributed by atoms with van der Waals surface area (Å²) < 4.78 is 5.74. The van der Waals surface area contributed by atoms with E-state index in [-0.39, 0.29) is 29.9 Å². The molecule has 162 valence electrons. The molecule has 1 aliphatic rings. The maximum atomic E-state index is 11.8. The Labute approximate surface area is 196 Å². The fraction of sp³-hybridized carbons (Fsp3) is 0.391. The van der Waals surface area contributed by atoms with Crippen LogP contribution in [0, 0.1) is 6.92 Å². The van der Waals surface area contributed by atoms with Gasteiger partial charge in [-0.15, -0.1) is 24.0 Å². The lowest BCUT2D eigenvalue weighted by Gasteiger charge is -2.16. The minimum Gasteiger partial charge on any atom is -0.494 e. The summed E-state index contributed by atoms with van der Waals surface area (Å²) in [6, 6.07) is 16.2. The summed E-state index contributed by atoms with van der Waals surface area (Å²) >= 11 is 0. The molecule has 1 amide bonds. The highest BCUT2D eigenvalue weighted by molar-refractivity contribution is 14.0. The van der Waals surface area contributed by atoms with E-state index in [2.05, 4.69) is 46.8 Å². The van der Waals surface area contributed by atoms with Gasteiger partial charge in [0.1, 0.15) is 5.75 Å². The van der Waals surface area contributed by atoms with Crippen LogP contribution in [0.4, 0.5) is 5.69 Å². The normalized spacial score (nSPS) is 13.7. The van der Waals surface area contributed by atoms with E-state index in [1.165, 1.54) is 5.56 Å². The number of carbonyl (C=O) groups is 1. The molecule has 1 heterocycles. The summed E-state index contributed by atoms with van der Waals surface area (Å²) in [5.74, 6) is 1.88. The van der Waals surface area contributed by atoms with Gasteiger partial charge in [-0.3, -0.25) is 9.79 Å². The summed E-state index contributed by atoms with van der Waals surface area (Å²) in [7, 11) is 1.76. The number of nitrogens with zero attached hydrogens (tertiary/aromatic N) is 2. The van der Waals surface area contributed by atoms with Crippen molar-refractivity contribution in [2.24, 2.45) is 4.99 Å². The van der Waals surface area contributed by atoms with Crippen LogP contribution in [0.25, 0.3) is 0 Å². The number of guanidine groups is 1. The Kier molecular flexibility index (Phi) is 9.93. The third-order valence-corrected chi connectivity index (χ3v) is 4.91. The highest BCUT2D eigenvalue weighted by Gasteiger charge is 2.21. The molecule has 1 aliphatic heterocycles. The van der Waals surface area contributed by atoms with Gasteiger partial charge in [-0.25, -0.2) is 0 Å². The molecule has 1 fully saturated rings. The Bertz CT molecular complexity index is 822. The number of hydrogen-bond donors (Lipinski definition) is 2. The van der Waals surface area contributed by atoms with E-state index in [1.54, 1.807) is 7.05 Å². The van der Waals surface area contributed by atoms with Crippen molar-refractivity contribution in [3.63, 3.8) is 0 Å². The lowest BCUT2D eigenvalue weighted by Crippen LogP contribution is -2.37. The number of carbonyl (C=O) groups excluding carboxylic acids is 1. The van der Waals surface area contributed by atoms with E-state index in [1.807, 2.05) is 29.2 Å². The van der Waals surface area contributed by atoms with E-state index in [0.717, 1.165) is 48.9 Å². The Morgan fingerprint density at radius 1 is 1.10 bits per heavy atom. The van der Waals surface area contributed by atoms with Crippen molar-refractivity contribution in [1.82, 2.24) is 10.6 Å². The van der Waals surface area contributed by atoms with Crippen LogP contribution in [0.5, 0.6) is 5.75 Å². The lowest BCUT2D eigenvalue weighted by molar-refractivity contribution is -0.117. The Morgan fingerprint density at radius 3 is 2.47 bits per heavy atom. The fourth-order valence-corrected chi connectivity index (χ4v) is 3.22. The highest BCUT2D eigenvalue weighted by atomic mass is 127. The van der Waals surface area contributed by atoms with Gasteiger partial charge in [-0.05, 0) is 49.6 Å². The molecular formula is C23H31IN4O2. The van der Waals surface area contributed by atoms with Gasteiger partial charge >= 0.3 is 0 Å². The molecular weight excluding hydrogens is 491 g/mol. The van der Waals surface area contributed by atoms with Gasteiger partial charge in [0.15, 0.2) is 5.96 Å². The lowest BCUT2D eigenvalue weighted by atomic mass is 10.2. The summed E-state index contributed by atoms with van der Waals surface area (Å²) in [5, 5.41) is 6.62. The van der Waals surface area contributed by atoms with Gasteiger partial charge < -0.3 is 20.3 Å². The van der Waals surface area contributed by atoms with Crippen LogP contribution < -0.4 is 20.3 Å². The summed E-state index contributed by atoms with van der Waals surface area (Å²) in [5.41, 5.74) is 3.35. The van der Waals surface area contributed by atoms with Crippen molar-refractivity contribution in [1.29, 1.82) is 0 Å². The minimum atomic E-state index is 0. The predicted octanol–water partition coefficient (Wildman–Crippen LogP) is 3.87. The standard InChI is InChI=1S/C23H30N4O2.HI/c1-18-6-12-21(13-7-18)29-16-4-14-25-23(24-2)26-17-19-8-10-20(11-9-19)27-15-3-5-22(27)28;/h6-13H,3-5,14-17H2,1-2H3,(H2,24,25,26);1H. The number of halogens is 1. The van der Waals surface area contributed by atoms with Crippen LogP contribution in [-0.2, 0) is 11.3 Å². The first-order valence-electron chi connectivity index (χ1n) is 10.2. The molecule has 2 N–H and O–H groups in total. The molecule has 1 saturated heterocycles. The molecule has 0 unspecified atom stereocenters. The number of benzene rings is 2. The second-order valence-corrected chi connectivity index (χ2v) is 7.18. The van der Waals surface area contributed by atoms with Crippen molar-refractivity contribution in [3.05, 3.63) is 59.7 Å². The van der Waals surface area contributed by atoms with E-state index in [4.69, 9.17) is 4.74 Å². The number of aliphatic imine (C=N–C) groups is 1. The number of amides is 1. The van der Waals surface area contributed by atoms with Gasteiger partial charge in [-0.1, -0.05) is 29.8 Å². The molecule has 0 aliphatic carbocycles. The number of aryl methyl sites for hydroxylation is 1. The zero-order valence-electron chi connectivity index (χ0n) is 17.7. The molecule has 30 heavy (non-hydrogen) atoms. The van der Waals surface area contributed by atoms with Crippen molar-refractivity contribution in [2.75, 3.05) is 31.6 Å². The van der Waals surface area contributed by atoms with Crippen molar-refractivity contribution in [2.45, 2.75) is 32.7 Å². The zero-order valence-corrected chi connectivity index (χ0v) is 20.0. The van der Waals surface area contributed by atoms with Crippen LogP contribution in [0.3, 0.4) is 0 Å². The van der Waals surface area contributed by atoms with Crippen LogP contribution in [-0.4, -0.2) is 38.6 Å². The van der Waals surface area contributed by atoms with Crippen molar-refractivity contribution >= 4 is 41.5 Å². The monoisotopic (exact) mass is 522 g/mol. The Balaban J connectivity index is 0.00000320. The van der Waals surface area contributed by atoms with Gasteiger partial charge in [0.2, 0.25) is 5.91 Å². The molecule has 0 saturated carbocycles. The largest absolute Gasteiger partial charge is 0.494 e. The molecule has 0 aromatic heterocycles. The SMILES string of the molecule is CN=C(NCCCOc1ccc(C)cc1)NCc1ccc(N2CCCC2=O)cc1.I. The fourth-order valence-electron chi connectivity index (χ4n) is 3.22. The minimum absolute atomic E-state index is 0. The molecule has 2 aromatic rings. The molecule has 0 radical (unpaired) electrons. The van der Waals surface area contributed by atoms with Gasteiger partial charge in [-0.2, -0.15) is 0 Å².